The van der Waals surface area contributed by atoms with Crippen LogP contribution in [0.1, 0.15) is 17.0 Å². The fourth-order valence-electron chi connectivity index (χ4n) is 9.78. The highest BCUT2D eigenvalue weighted by Gasteiger charge is 2.29. The van der Waals surface area contributed by atoms with Gasteiger partial charge >= 0.3 is 0 Å². The highest BCUT2D eigenvalue weighted by Crippen LogP contribution is 2.43. The van der Waals surface area contributed by atoms with Crippen LogP contribution in [0, 0.1) is 0 Å². The minimum absolute atomic E-state index is 0.582. The highest BCUT2D eigenvalue weighted by molar-refractivity contribution is 6.11. The van der Waals surface area contributed by atoms with Crippen molar-refractivity contribution in [2.24, 2.45) is 0 Å². The van der Waals surface area contributed by atoms with Gasteiger partial charge in [-0.05, 0) is 70.8 Å². The second kappa shape index (κ2) is 14.5. The van der Waals surface area contributed by atoms with E-state index in [1.54, 1.807) is 0 Å². The van der Waals surface area contributed by atoms with E-state index in [2.05, 4.69) is 220 Å². The molecule has 0 radical (unpaired) electrons. The minimum atomic E-state index is 0.582. The average molecular weight is 819 g/mol. The van der Waals surface area contributed by atoms with Gasteiger partial charge in [-0.3, -0.25) is 9.13 Å². The van der Waals surface area contributed by atoms with Gasteiger partial charge in [-0.15, -0.1) is 0 Å². The largest absolute Gasteiger partial charge is 0.309 e. The first-order valence-electron chi connectivity index (χ1n) is 21.7. The van der Waals surface area contributed by atoms with Crippen molar-refractivity contribution in [2.45, 2.75) is 6.42 Å². The van der Waals surface area contributed by atoms with E-state index in [-0.39, 0.29) is 0 Å². The van der Waals surface area contributed by atoms with Gasteiger partial charge in [0.15, 0.2) is 5.65 Å². The van der Waals surface area contributed by atoms with E-state index in [9.17, 15) is 0 Å². The van der Waals surface area contributed by atoms with Crippen LogP contribution in [-0.4, -0.2) is 28.7 Å². The molecule has 8 aromatic carbocycles. The summed E-state index contributed by atoms with van der Waals surface area (Å²) in [6, 6.07) is 75.2. The first-order chi connectivity index (χ1) is 31.7. The Morgan fingerprint density at radius 3 is 1.67 bits per heavy atom. The molecule has 300 valence electrons. The predicted octanol–water partition coefficient (Wildman–Crippen LogP) is 14.0. The highest BCUT2D eigenvalue weighted by atomic mass is 15.2. The van der Waals surface area contributed by atoms with Crippen LogP contribution >= 0.6 is 0 Å². The van der Waals surface area contributed by atoms with Crippen LogP contribution < -0.4 is 0 Å². The summed E-state index contributed by atoms with van der Waals surface area (Å²) in [6.45, 7) is 0. The maximum Gasteiger partial charge on any atom is 0.237 e. The number of fused-ring (bicyclic) bond motifs is 10. The van der Waals surface area contributed by atoms with Crippen LogP contribution in [0.4, 0.5) is 0 Å². The minimum Gasteiger partial charge on any atom is -0.309 e. The summed E-state index contributed by atoms with van der Waals surface area (Å²) in [5, 5.41) is 3.54. The molecule has 6 heteroatoms. The molecule has 0 atom stereocenters. The van der Waals surface area contributed by atoms with Crippen molar-refractivity contribution in [3.63, 3.8) is 0 Å². The summed E-state index contributed by atoms with van der Waals surface area (Å²) in [5.41, 5.74) is 17.1. The van der Waals surface area contributed by atoms with Gasteiger partial charge in [0.05, 0.1) is 33.6 Å². The molecule has 0 saturated heterocycles. The van der Waals surface area contributed by atoms with Crippen molar-refractivity contribution in [3.8, 4) is 51.0 Å². The summed E-state index contributed by atoms with van der Waals surface area (Å²) in [4.78, 5) is 16.2. The van der Waals surface area contributed by atoms with Gasteiger partial charge < -0.3 is 4.57 Å². The molecule has 0 N–H and O–H groups in total. The van der Waals surface area contributed by atoms with Crippen molar-refractivity contribution in [2.75, 3.05) is 0 Å². The number of aromatic nitrogens is 6. The maximum atomic E-state index is 5.57. The number of rotatable bonds is 6. The van der Waals surface area contributed by atoms with Crippen LogP contribution in [0.15, 0.2) is 212 Å². The second-order valence-corrected chi connectivity index (χ2v) is 16.5. The van der Waals surface area contributed by atoms with Crippen LogP contribution in [0.2, 0.25) is 0 Å². The third-order valence-corrected chi connectivity index (χ3v) is 12.7. The third kappa shape index (κ3) is 5.77. The van der Waals surface area contributed by atoms with E-state index in [0.29, 0.717) is 12.4 Å². The molecule has 0 amide bonds. The van der Waals surface area contributed by atoms with Crippen molar-refractivity contribution in [3.05, 3.63) is 229 Å². The first kappa shape index (κ1) is 36.1. The SMILES string of the molecule is C(=C1\Cc2nc3c(c4ccccc4n3-c3nc(-c4ccccc4)cc(-c4ccccc4)n3)n2-c2cc(-c3ccc4c(c3)c3ccccc3n4-c3ccccc3)ccc21)/c1ccccc1. The van der Waals surface area contributed by atoms with E-state index in [1.165, 1.54) is 32.9 Å². The topological polar surface area (TPSA) is 53.5 Å². The molecule has 0 saturated carbocycles. The normalized spacial score (nSPS) is 13.0. The average Bonchev–Trinajstić information content (AvgIpc) is 4.01. The van der Waals surface area contributed by atoms with Gasteiger partial charge in [0.2, 0.25) is 5.95 Å². The third-order valence-electron chi connectivity index (χ3n) is 12.7. The van der Waals surface area contributed by atoms with Gasteiger partial charge in [-0.25, -0.2) is 15.0 Å². The lowest BCUT2D eigenvalue weighted by Gasteiger charge is -2.23. The smallest absolute Gasteiger partial charge is 0.237 e. The van der Waals surface area contributed by atoms with Crippen molar-refractivity contribution < 1.29 is 0 Å². The Morgan fingerprint density at radius 2 is 0.969 bits per heavy atom. The second-order valence-electron chi connectivity index (χ2n) is 16.5. The van der Waals surface area contributed by atoms with Gasteiger partial charge in [0.1, 0.15) is 11.3 Å². The number of hydrogen-bond acceptors (Lipinski definition) is 3. The Kier molecular flexibility index (Phi) is 8.18. The first-order valence-corrected chi connectivity index (χ1v) is 21.7. The van der Waals surface area contributed by atoms with E-state index >= 15 is 0 Å². The van der Waals surface area contributed by atoms with Crippen molar-refractivity contribution in [1.82, 2.24) is 28.7 Å². The number of benzene rings is 8. The maximum absolute atomic E-state index is 5.57. The Balaban J connectivity index is 1.05. The molecule has 5 heterocycles. The molecule has 0 spiro atoms. The quantitative estimate of drug-likeness (QED) is 0.168. The number of allylic oxidation sites excluding steroid dienone is 1. The van der Waals surface area contributed by atoms with Gasteiger partial charge in [-0.1, -0.05) is 170 Å². The van der Waals surface area contributed by atoms with Crippen molar-refractivity contribution in [1.29, 1.82) is 0 Å². The summed E-state index contributed by atoms with van der Waals surface area (Å²) in [6.07, 6.45) is 2.98. The van der Waals surface area contributed by atoms with E-state index in [4.69, 9.17) is 15.0 Å². The molecular weight excluding hydrogens is 781 g/mol. The van der Waals surface area contributed by atoms with Gasteiger partial charge in [-0.2, -0.15) is 0 Å². The number of hydrogen-bond donors (Lipinski definition) is 0. The fraction of sp³-hybridized carbons (Fsp3) is 0.0172. The van der Waals surface area contributed by atoms with Gasteiger partial charge in [0.25, 0.3) is 0 Å². The summed E-state index contributed by atoms with van der Waals surface area (Å²) in [7, 11) is 0. The molecule has 13 rings (SSSR count). The van der Waals surface area contributed by atoms with Crippen LogP contribution in [0.25, 0.3) is 106 Å². The van der Waals surface area contributed by atoms with E-state index < -0.39 is 0 Å². The lowest BCUT2D eigenvalue weighted by Crippen LogP contribution is -2.12. The van der Waals surface area contributed by atoms with Crippen LogP contribution in [0.5, 0.6) is 0 Å². The number of para-hydroxylation sites is 3. The van der Waals surface area contributed by atoms with Crippen LogP contribution in [0.3, 0.4) is 0 Å². The molecule has 6 nitrogen and oxygen atoms in total. The monoisotopic (exact) mass is 818 g/mol. The number of nitrogens with zero attached hydrogens (tertiary/aromatic N) is 6. The summed E-state index contributed by atoms with van der Waals surface area (Å²) >= 11 is 0. The molecule has 0 unspecified atom stereocenters. The summed E-state index contributed by atoms with van der Waals surface area (Å²) in [5.74, 6) is 1.55. The molecule has 12 aromatic rings. The lowest BCUT2D eigenvalue weighted by atomic mass is 9.92. The molecule has 4 aromatic heterocycles. The van der Waals surface area contributed by atoms with E-state index in [1.807, 2.05) is 12.1 Å². The Labute approximate surface area is 369 Å². The standard InChI is InChI=1S/C58H38N6/c1-5-17-38(18-6-1)33-43-36-55-61-57-56(47-26-14-16-28-52(47)64(57)58-59-49(39-19-7-2-8-20-39)37-50(60-58)40-21-9-3-10-22-40)63(55)54-35-42(29-31-45(43)54)41-30-32-53-48(34-41)46-25-13-15-27-51(46)62(53)44-23-11-4-12-24-44/h1-35,37H,36H2/b43-33-. The van der Waals surface area contributed by atoms with E-state index in [0.717, 1.165) is 78.5 Å². The fourth-order valence-corrected chi connectivity index (χ4v) is 9.78. The lowest BCUT2D eigenvalue weighted by molar-refractivity contribution is 0.921. The molecule has 1 aliphatic heterocycles. The Morgan fingerprint density at radius 1 is 0.406 bits per heavy atom. The molecule has 0 aliphatic carbocycles. The predicted molar refractivity (Wildman–Crippen MR) is 262 cm³/mol. The molecule has 0 fully saturated rings. The van der Waals surface area contributed by atoms with Crippen LogP contribution in [-0.2, 0) is 6.42 Å². The number of imidazole rings is 1. The molecule has 64 heavy (non-hydrogen) atoms. The zero-order valence-electron chi connectivity index (χ0n) is 34.7. The Hall–Kier alpha value is -8.61. The molecule has 1 aliphatic rings. The molecule has 0 bridgehead atoms. The molecular formula is C58H38N6. The zero-order chi connectivity index (χ0) is 42.1. The zero-order valence-corrected chi connectivity index (χ0v) is 34.7. The Bertz CT molecular complexity index is 3730. The summed E-state index contributed by atoms with van der Waals surface area (Å²) < 4.78 is 6.93. The van der Waals surface area contributed by atoms with Crippen molar-refractivity contribution >= 4 is 55.5 Å². The van der Waals surface area contributed by atoms with Gasteiger partial charge in [0, 0.05) is 45.0 Å².